The minimum atomic E-state index is -4.35. The van der Waals surface area contributed by atoms with Gasteiger partial charge in [0.25, 0.3) is 0 Å². The van der Waals surface area contributed by atoms with Crippen LogP contribution in [0.5, 0.6) is 0 Å². The summed E-state index contributed by atoms with van der Waals surface area (Å²) in [6.45, 7) is 7.48. The van der Waals surface area contributed by atoms with Gasteiger partial charge in [0.15, 0.2) is 5.96 Å². The van der Waals surface area contributed by atoms with Gasteiger partial charge >= 0.3 is 6.18 Å². The van der Waals surface area contributed by atoms with E-state index in [0.717, 1.165) is 41.9 Å². The van der Waals surface area contributed by atoms with Crippen LogP contribution in [0.3, 0.4) is 0 Å². The Bertz CT molecular complexity index is 815. The fraction of sp³-hybridized carbons (Fsp3) is 0.500. The number of aromatic nitrogens is 2. The number of hydrogen-bond acceptors (Lipinski definition) is 2. The summed E-state index contributed by atoms with van der Waals surface area (Å²) < 4.78 is 40.5. The van der Waals surface area contributed by atoms with Crippen LogP contribution in [-0.4, -0.2) is 22.3 Å². The zero-order valence-electron chi connectivity index (χ0n) is 17.2. The highest BCUT2D eigenvalue weighted by Gasteiger charge is 2.30. The molecule has 5 nitrogen and oxygen atoms in total. The van der Waals surface area contributed by atoms with Crippen molar-refractivity contribution in [3.05, 3.63) is 52.3 Å². The number of halogens is 4. The maximum atomic E-state index is 12.9. The quantitative estimate of drug-likeness (QED) is 0.321. The zero-order valence-corrected chi connectivity index (χ0v) is 19.6. The lowest BCUT2D eigenvalue weighted by Crippen LogP contribution is -2.37. The Morgan fingerprint density at radius 3 is 2.45 bits per heavy atom. The highest BCUT2D eigenvalue weighted by molar-refractivity contribution is 14.0. The van der Waals surface area contributed by atoms with Crippen LogP contribution in [0.4, 0.5) is 13.2 Å². The molecule has 0 saturated heterocycles. The largest absolute Gasteiger partial charge is 0.416 e. The lowest BCUT2D eigenvalue weighted by atomic mass is 10.1. The lowest BCUT2D eigenvalue weighted by molar-refractivity contribution is -0.137. The second-order valence-corrected chi connectivity index (χ2v) is 6.45. The van der Waals surface area contributed by atoms with Crippen molar-refractivity contribution in [2.45, 2.75) is 52.9 Å². The summed E-state index contributed by atoms with van der Waals surface area (Å²) in [5, 5.41) is 11.0. The molecule has 0 atom stereocenters. The average Bonchev–Trinajstić information content (AvgIpc) is 2.98. The molecule has 0 saturated carbocycles. The Hall–Kier alpha value is -1.78. The van der Waals surface area contributed by atoms with E-state index in [1.54, 1.807) is 6.07 Å². The Kier molecular flexibility index (Phi) is 9.94. The van der Waals surface area contributed by atoms with Crippen molar-refractivity contribution in [3.63, 3.8) is 0 Å². The van der Waals surface area contributed by atoms with E-state index in [4.69, 9.17) is 0 Å². The van der Waals surface area contributed by atoms with Gasteiger partial charge in [-0.25, -0.2) is 4.99 Å². The predicted octanol–water partition coefficient (Wildman–Crippen LogP) is 4.44. The zero-order chi connectivity index (χ0) is 20.7. The van der Waals surface area contributed by atoms with Gasteiger partial charge in [-0.05, 0) is 37.5 Å². The second kappa shape index (κ2) is 11.4. The van der Waals surface area contributed by atoms with Crippen molar-refractivity contribution in [1.29, 1.82) is 0 Å². The summed E-state index contributed by atoms with van der Waals surface area (Å²) in [5.74, 6) is 0.563. The first-order valence-electron chi connectivity index (χ1n) is 9.52. The van der Waals surface area contributed by atoms with Crippen LogP contribution in [0.25, 0.3) is 0 Å². The van der Waals surface area contributed by atoms with Crippen molar-refractivity contribution in [3.8, 4) is 0 Å². The first-order valence-corrected chi connectivity index (χ1v) is 9.52. The molecule has 162 valence electrons. The molecule has 0 aliphatic carbocycles. The summed E-state index contributed by atoms with van der Waals surface area (Å²) in [7, 11) is 1.94. The maximum absolute atomic E-state index is 12.9. The number of benzene rings is 1. The van der Waals surface area contributed by atoms with E-state index >= 15 is 0 Å². The van der Waals surface area contributed by atoms with Gasteiger partial charge < -0.3 is 10.6 Å². The highest BCUT2D eigenvalue weighted by atomic mass is 127. The molecule has 0 bridgehead atoms. The van der Waals surface area contributed by atoms with Crippen LogP contribution in [0, 0.1) is 0 Å². The standard InChI is InChI=1S/C20H28F3N5.HI/c1-5-17-16(18(6-2)28(4)27-17)13-26-19(24-7-3)25-12-14-9-8-10-15(11-14)20(21,22)23;/h8-11H,5-7,12-13H2,1-4H3,(H2,24,25,26);1H. The van der Waals surface area contributed by atoms with Gasteiger partial charge in [0.05, 0.1) is 17.8 Å². The molecule has 9 heteroatoms. The Morgan fingerprint density at radius 2 is 1.86 bits per heavy atom. The maximum Gasteiger partial charge on any atom is 0.416 e. The Labute approximate surface area is 187 Å². The third-order valence-electron chi connectivity index (χ3n) is 4.48. The van der Waals surface area contributed by atoms with E-state index in [9.17, 15) is 13.2 Å². The second-order valence-electron chi connectivity index (χ2n) is 6.45. The number of alkyl halides is 3. The summed E-state index contributed by atoms with van der Waals surface area (Å²) in [6, 6.07) is 5.26. The van der Waals surface area contributed by atoms with Gasteiger partial charge in [0, 0.05) is 31.4 Å². The van der Waals surface area contributed by atoms with E-state index in [1.165, 1.54) is 6.07 Å². The SMILES string of the molecule is CCNC(=NCc1cccc(C(F)(F)F)c1)NCc1c(CC)nn(C)c1CC.I. The van der Waals surface area contributed by atoms with E-state index < -0.39 is 11.7 Å². The van der Waals surface area contributed by atoms with E-state index in [0.29, 0.717) is 24.6 Å². The molecule has 1 aromatic carbocycles. The van der Waals surface area contributed by atoms with Crippen molar-refractivity contribution in [2.24, 2.45) is 12.0 Å². The molecule has 0 aliphatic heterocycles. The monoisotopic (exact) mass is 523 g/mol. The molecule has 1 heterocycles. The smallest absolute Gasteiger partial charge is 0.357 e. The molecule has 0 unspecified atom stereocenters. The van der Waals surface area contributed by atoms with Crippen LogP contribution < -0.4 is 10.6 Å². The predicted molar refractivity (Wildman–Crippen MR) is 120 cm³/mol. The van der Waals surface area contributed by atoms with Gasteiger partial charge in [-0.3, -0.25) is 4.68 Å². The Balaban J connectivity index is 0.00000420. The Morgan fingerprint density at radius 1 is 1.14 bits per heavy atom. The highest BCUT2D eigenvalue weighted by Crippen LogP contribution is 2.29. The molecule has 2 N–H and O–H groups in total. The van der Waals surface area contributed by atoms with Crippen LogP contribution in [0.1, 0.15) is 48.8 Å². The van der Waals surface area contributed by atoms with E-state index in [-0.39, 0.29) is 30.5 Å². The molecule has 2 aromatic rings. The molecule has 0 spiro atoms. The molecule has 0 amide bonds. The fourth-order valence-electron chi connectivity index (χ4n) is 3.12. The number of aliphatic imine (C=N–C) groups is 1. The normalized spacial score (nSPS) is 11.9. The molecular weight excluding hydrogens is 494 g/mol. The molecule has 1 aromatic heterocycles. The third-order valence-corrected chi connectivity index (χ3v) is 4.48. The van der Waals surface area contributed by atoms with Crippen LogP contribution in [-0.2, 0) is 39.2 Å². The van der Waals surface area contributed by atoms with E-state index in [1.807, 2.05) is 18.7 Å². The van der Waals surface area contributed by atoms with Crippen molar-refractivity contribution < 1.29 is 13.2 Å². The van der Waals surface area contributed by atoms with Crippen molar-refractivity contribution >= 4 is 29.9 Å². The van der Waals surface area contributed by atoms with Crippen LogP contribution in [0.15, 0.2) is 29.3 Å². The van der Waals surface area contributed by atoms with Crippen molar-refractivity contribution in [2.75, 3.05) is 6.54 Å². The van der Waals surface area contributed by atoms with Crippen LogP contribution >= 0.6 is 24.0 Å². The first-order chi connectivity index (χ1) is 13.3. The van der Waals surface area contributed by atoms with Gasteiger partial charge in [-0.1, -0.05) is 26.0 Å². The molecule has 29 heavy (non-hydrogen) atoms. The number of aryl methyl sites for hydroxylation is 2. The number of nitrogens with zero attached hydrogens (tertiary/aromatic N) is 3. The lowest BCUT2D eigenvalue weighted by Gasteiger charge is -2.13. The summed E-state index contributed by atoms with van der Waals surface area (Å²) >= 11 is 0. The topological polar surface area (TPSA) is 54.2 Å². The summed E-state index contributed by atoms with van der Waals surface area (Å²) in [6.07, 6.45) is -2.64. The molecule has 0 aliphatic rings. The van der Waals surface area contributed by atoms with Gasteiger partial charge in [-0.15, -0.1) is 24.0 Å². The van der Waals surface area contributed by atoms with Gasteiger partial charge in [0.2, 0.25) is 0 Å². The summed E-state index contributed by atoms with van der Waals surface area (Å²) in [4.78, 5) is 4.44. The number of rotatable bonds is 7. The summed E-state index contributed by atoms with van der Waals surface area (Å²) in [5.41, 5.74) is 3.21. The van der Waals surface area contributed by atoms with Gasteiger partial charge in [0.1, 0.15) is 0 Å². The van der Waals surface area contributed by atoms with Crippen molar-refractivity contribution in [1.82, 2.24) is 20.4 Å². The number of hydrogen-bond donors (Lipinski definition) is 2. The first kappa shape index (κ1) is 25.3. The number of nitrogens with one attached hydrogen (secondary N) is 2. The molecule has 0 radical (unpaired) electrons. The third kappa shape index (κ3) is 6.90. The van der Waals surface area contributed by atoms with E-state index in [2.05, 4.69) is 34.6 Å². The average molecular weight is 523 g/mol. The number of guanidine groups is 1. The molecule has 2 rings (SSSR count). The molecule has 0 fully saturated rings. The van der Waals surface area contributed by atoms with Crippen LogP contribution in [0.2, 0.25) is 0 Å². The fourth-order valence-corrected chi connectivity index (χ4v) is 3.12. The minimum Gasteiger partial charge on any atom is -0.357 e. The minimum absolute atomic E-state index is 0. The molecular formula is C20H29F3IN5. The van der Waals surface area contributed by atoms with Gasteiger partial charge in [-0.2, -0.15) is 18.3 Å².